The van der Waals surface area contributed by atoms with E-state index in [4.69, 9.17) is 22.1 Å². The first kappa shape index (κ1) is 13.5. The summed E-state index contributed by atoms with van der Waals surface area (Å²) in [5.74, 6) is 0.943. The van der Waals surface area contributed by atoms with Crippen LogP contribution in [-0.2, 0) is 6.42 Å². The average molecular weight is 288 g/mol. The number of hydrogen-bond donors (Lipinski definition) is 1. The Morgan fingerprint density at radius 1 is 1.25 bits per heavy atom. The van der Waals surface area contributed by atoms with Crippen molar-refractivity contribution in [3.63, 3.8) is 0 Å². The van der Waals surface area contributed by atoms with Gasteiger partial charge in [-0.3, -0.25) is 0 Å². The predicted molar refractivity (Wildman–Crippen MR) is 83.5 cm³/mol. The minimum atomic E-state index is 0.0623. The van der Waals surface area contributed by atoms with Crippen molar-refractivity contribution < 1.29 is 4.74 Å². The molecule has 104 valence electrons. The highest BCUT2D eigenvalue weighted by molar-refractivity contribution is 6.31. The maximum Gasteiger partial charge on any atom is 0.131 e. The summed E-state index contributed by atoms with van der Waals surface area (Å²) < 4.78 is 6.01. The van der Waals surface area contributed by atoms with E-state index in [1.165, 1.54) is 16.7 Å². The van der Waals surface area contributed by atoms with Gasteiger partial charge in [-0.2, -0.15) is 0 Å². The van der Waals surface area contributed by atoms with Gasteiger partial charge in [0, 0.05) is 23.6 Å². The number of nitrogens with two attached hydrogens (primary N) is 1. The van der Waals surface area contributed by atoms with E-state index in [-0.39, 0.29) is 6.10 Å². The Hall–Kier alpha value is -1.51. The third-order valence-electron chi connectivity index (χ3n) is 4.02. The third kappa shape index (κ3) is 2.19. The Labute approximate surface area is 124 Å². The van der Waals surface area contributed by atoms with Gasteiger partial charge in [0.15, 0.2) is 0 Å². The molecule has 2 aromatic carbocycles. The van der Waals surface area contributed by atoms with E-state index >= 15 is 0 Å². The van der Waals surface area contributed by atoms with Gasteiger partial charge in [-0.05, 0) is 48.2 Å². The molecule has 0 bridgehead atoms. The zero-order chi connectivity index (χ0) is 14.3. The second-order valence-electron chi connectivity index (χ2n) is 5.37. The smallest absolute Gasteiger partial charge is 0.131 e. The van der Waals surface area contributed by atoms with Crippen molar-refractivity contribution in [1.29, 1.82) is 0 Å². The molecule has 20 heavy (non-hydrogen) atoms. The van der Waals surface area contributed by atoms with Gasteiger partial charge in [0.2, 0.25) is 0 Å². The topological polar surface area (TPSA) is 35.2 Å². The molecule has 1 aliphatic heterocycles. The lowest BCUT2D eigenvalue weighted by molar-refractivity contribution is 0.242. The van der Waals surface area contributed by atoms with Crippen molar-refractivity contribution in [2.75, 3.05) is 6.54 Å². The van der Waals surface area contributed by atoms with Gasteiger partial charge >= 0.3 is 0 Å². The van der Waals surface area contributed by atoms with E-state index in [1.807, 2.05) is 12.1 Å². The number of aryl methyl sites for hydroxylation is 1. The molecule has 0 aliphatic carbocycles. The van der Waals surface area contributed by atoms with Crippen LogP contribution < -0.4 is 10.5 Å². The fraction of sp³-hybridized carbons (Fsp3) is 0.294. The molecule has 0 fully saturated rings. The molecular weight excluding hydrogens is 270 g/mol. The lowest BCUT2D eigenvalue weighted by atomic mass is 9.95. The van der Waals surface area contributed by atoms with Gasteiger partial charge in [-0.1, -0.05) is 29.8 Å². The molecule has 2 aromatic rings. The minimum absolute atomic E-state index is 0.0623. The molecule has 3 rings (SSSR count). The molecule has 0 unspecified atom stereocenters. The van der Waals surface area contributed by atoms with E-state index in [1.54, 1.807) is 0 Å². The molecule has 0 saturated carbocycles. The van der Waals surface area contributed by atoms with Crippen LogP contribution >= 0.6 is 11.6 Å². The van der Waals surface area contributed by atoms with Crippen molar-refractivity contribution in [3.8, 4) is 16.9 Å². The number of benzene rings is 2. The van der Waals surface area contributed by atoms with Crippen LogP contribution in [0.3, 0.4) is 0 Å². The van der Waals surface area contributed by atoms with Crippen LogP contribution in [0.2, 0.25) is 5.02 Å². The van der Waals surface area contributed by atoms with E-state index in [2.05, 4.69) is 32.0 Å². The van der Waals surface area contributed by atoms with Gasteiger partial charge in [0.05, 0.1) is 0 Å². The average Bonchev–Trinajstić information content (AvgIpc) is 2.84. The summed E-state index contributed by atoms with van der Waals surface area (Å²) in [7, 11) is 0. The molecular formula is C17H18ClNO. The van der Waals surface area contributed by atoms with Gasteiger partial charge in [-0.15, -0.1) is 0 Å². The molecule has 1 heterocycles. The van der Waals surface area contributed by atoms with Gasteiger partial charge in [0.25, 0.3) is 0 Å². The third-order valence-corrected chi connectivity index (χ3v) is 4.24. The van der Waals surface area contributed by atoms with E-state index in [9.17, 15) is 0 Å². The van der Waals surface area contributed by atoms with Gasteiger partial charge in [0.1, 0.15) is 11.9 Å². The van der Waals surface area contributed by atoms with E-state index in [0.717, 1.165) is 28.3 Å². The number of hydrogen-bond acceptors (Lipinski definition) is 2. The first-order valence-corrected chi connectivity index (χ1v) is 7.23. The van der Waals surface area contributed by atoms with Gasteiger partial charge < -0.3 is 10.5 Å². The van der Waals surface area contributed by atoms with Crippen molar-refractivity contribution in [3.05, 3.63) is 52.0 Å². The van der Waals surface area contributed by atoms with Crippen LogP contribution in [-0.4, -0.2) is 12.6 Å². The first-order valence-electron chi connectivity index (χ1n) is 6.86. The molecule has 1 aliphatic rings. The normalized spacial score (nSPS) is 16.9. The van der Waals surface area contributed by atoms with Crippen molar-refractivity contribution in [1.82, 2.24) is 0 Å². The molecule has 0 aromatic heterocycles. The largest absolute Gasteiger partial charge is 0.488 e. The molecule has 2 N–H and O–H groups in total. The van der Waals surface area contributed by atoms with Crippen molar-refractivity contribution >= 4 is 11.6 Å². The SMILES string of the molecule is Cc1cccc(-c2cc(Cl)cc3c2O[C@@H](CN)C3)c1C. The summed E-state index contributed by atoms with van der Waals surface area (Å²) in [6.07, 6.45) is 0.900. The van der Waals surface area contributed by atoms with Crippen molar-refractivity contribution in [2.24, 2.45) is 5.73 Å². The Balaban J connectivity index is 2.18. The number of rotatable bonds is 2. The van der Waals surface area contributed by atoms with Gasteiger partial charge in [-0.25, -0.2) is 0 Å². The quantitative estimate of drug-likeness (QED) is 0.909. The fourth-order valence-electron chi connectivity index (χ4n) is 2.77. The number of fused-ring (bicyclic) bond motifs is 1. The summed E-state index contributed by atoms with van der Waals surface area (Å²) in [4.78, 5) is 0. The lowest BCUT2D eigenvalue weighted by Crippen LogP contribution is -2.24. The van der Waals surface area contributed by atoms with Crippen molar-refractivity contribution in [2.45, 2.75) is 26.4 Å². The molecule has 3 heteroatoms. The zero-order valence-corrected chi connectivity index (χ0v) is 12.5. The molecule has 2 nitrogen and oxygen atoms in total. The lowest BCUT2D eigenvalue weighted by Gasteiger charge is -2.14. The monoisotopic (exact) mass is 287 g/mol. The highest BCUT2D eigenvalue weighted by Crippen LogP contribution is 2.42. The molecule has 0 spiro atoms. The summed E-state index contributed by atoms with van der Waals surface area (Å²) in [6.45, 7) is 4.78. The minimum Gasteiger partial charge on any atom is -0.488 e. The second-order valence-corrected chi connectivity index (χ2v) is 5.81. The Kier molecular flexibility index (Phi) is 3.45. The zero-order valence-electron chi connectivity index (χ0n) is 11.7. The maximum absolute atomic E-state index is 6.27. The highest BCUT2D eigenvalue weighted by atomic mass is 35.5. The van der Waals surface area contributed by atoms with Crippen LogP contribution in [0.5, 0.6) is 5.75 Å². The second kappa shape index (κ2) is 5.12. The first-order chi connectivity index (χ1) is 9.60. The van der Waals surface area contributed by atoms with Crippen LogP contribution in [0.1, 0.15) is 16.7 Å². The van der Waals surface area contributed by atoms with E-state index in [0.29, 0.717) is 6.54 Å². The number of ether oxygens (including phenoxy) is 1. The summed E-state index contributed by atoms with van der Waals surface area (Å²) in [6, 6.07) is 10.3. The maximum atomic E-state index is 6.27. The molecule has 0 amide bonds. The van der Waals surface area contributed by atoms with Crippen LogP contribution in [0.25, 0.3) is 11.1 Å². The Morgan fingerprint density at radius 3 is 2.80 bits per heavy atom. The molecule has 0 radical (unpaired) electrons. The van der Waals surface area contributed by atoms with E-state index < -0.39 is 0 Å². The summed E-state index contributed by atoms with van der Waals surface area (Å²) in [5, 5.41) is 0.751. The summed E-state index contributed by atoms with van der Waals surface area (Å²) >= 11 is 6.27. The number of halogens is 1. The Bertz CT molecular complexity index is 666. The fourth-order valence-corrected chi connectivity index (χ4v) is 3.01. The molecule has 0 saturated heterocycles. The van der Waals surface area contributed by atoms with Crippen LogP contribution in [0.4, 0.5) is 0 Å². The Morgan fingerprint density at radius 2 is 2.05 bits per heavy atom. The highest BCUT2D eigenvalue weighted by Gasteiger charge is 2.26. The van der Waals surface area contributed by atoms with Crippen LogP contribution in [0.15, 0.2) is 30.3 Å². The summed E-state index contributed by atoms with van der Waals surface area (Å²) in [5.41, 5.74) is 11.7. The molecule has 1 atom stereocenters. The standard InChI is InChI=1S/C17H18ClNO/c1-10-4-3-5-15(11(10)2)16-8-13(18)6-12-7-14(9-19)20-17(12)16/h3-6,8,14H,7,9,19H2,1-2H3/t14-/m1/s1. The predicted octanol–water partition coefficient (Wildman–Crippen LogP) is 3.89. The van der Waals surface area contributed by atoms with Crippen LogP contribution in [0, 0.1) is 13.8 Å².